The summed E-state index contributed by atoms with van der Waals surface area (Å²) < 4.78 is 27.5. The van der Waals surface area contributed by atoms with Crippen LogP contribution in [0.4, 0.5) is 0 Å². The zero-order valence-corrected chi connectivity index (χ0v) is 15.1. The van der Waals surface area contributed by atoms with Crippen LogP contribution in [0.1, 0.15) is 23.2 Å². The van der Waals surface area contributed by atoms with Crippen molar-refractivity contribution in [3.63, 3.8) is 0 Å². The second-order valence-electron chi connectivity index (χ2n) is 5.49. The third-order valence-corrected chi connectivity index (χ3v) is 6.96. The highest BCUT2D eigenvalue weighted by Crippen LogP contribution is 2.20. The molecule has 1 aliphatic rings. The maximum atomic E-state index is 12.4. The molecule has 6 nitrogen and oxygen atoms in total. The molecular formula is C15H16ClN3O3S2. The van der Waals surface area contributed by atoms with E-state index in [1.54, 1.807) is 28.5 Å². The van der Waals surface area contributed by atoms with Crippen molar-refractivity contribution >= 4 is 38.9 Å². The van der Waals surface area contributed by atoms with Gasteiger partial charge < -0.3 is 4.90 Å². The molecule has 1 N–H and O–H groups in total. The molecule has 0 aromatic carbocycles. The number of thiophene rings is 1. The van der Waals surface area contributed by atoms with Gasteiger partial charge in [-0.15, -0.1) is 11.3 Å². The van der Waals surface area contributed by atoms with Gasteiger partial charge in [-0.2, -0.15) is 0 Å². The van der Waals surface area contributed by atoms with Gasteiger partial charge in [0.25, 0.3) is 5.91 Å². The predicted molar refractivity (Wildman–Crippen MR) is 92.8 cm³/mol. The van der Waals surface area contributed by atoms with Crippen molar-refractivity contribution in [2.45, 2.75) is 23.1 Å². The molecule has 3 rings (SSSR count). The summed E-state index contributed by atoms with van der Waals surface area (Å²) in [5.74, 6) is -0.112. The fourth-order valence-electron chi connectivity index (χ4n) is 2.61. The highest BCUT2D eigenvalue weighted by atomic mass is 35.5. The summed E-state index contributed by atoms with van der Waals surface area (Å²) in [7, 11) is -3.47. The smallest absolute Gasteiger partial charge is 0.254 e. The van der Waals surface area contributed by atoms with Crippen molar-refractivity contribution in [1.29, 1.82) is 0 Å². The molecule has 1 amide bonds. The van der Waals surface area contributed by atoms with E-state index < -0.39 is 10.0 Å². The monoisotopic (exact) mass is 385 g/mol. The van der Waals surface area contributed by atoms with Crippen LogP contribution in [0.25, 0.3) is 0 Å². The van der Waals surface area contributed by atoms with Crippen molar-refractivity contribution in [1.82, 2.24) is 14.6 Å². The number of nitrogens with one attached hydrogen (secondary N) is 1. The van der Waals surface area contributed by atoms with Crippen LogP contribution in [-0.2, 0) is 10.0 Å². The van der Waals surface area contributed by atoms with Gasteiger partial charge >= 0.3 is 0 Å². The number of likely N-dealkylation sites (tertiary alicyclic amines) is 1. The van der Waals surface area contributed by atoms with Crippen LogP contribution in [0.5, 0.6) is 0 Å². The van der Waals surface area contributed by atoms with E-state index in [0.717, 1.165) is 0 Å². The number of nitrogens with zero attached hydrogens (tertiary/aromatic N) is 2. The summed E-state index contributed by atoms with van der Waals surface area (Å²) in [5, 5.41) is 2.01. The molecule has 0 atom stereocenters. The third-order valence-electron chi connectivity index (χ3n) is 3.84. The van der Waals surface area contributed by atoms with Gasteiger partial charge in [-0.05, 0) is 36.4 Å². The third kappa shape index (κ3) is 3.94. The molecule has 9 heteroatoms. The lowest BCUT2D eigenvalue weighted by Crippen LogP contribution is -2.46. The quantitative estimate of drug-likeness (QED) is 0.819. The number of hydrogen-bond donors (Lipinski definition) is 1. The average molecular weight is 386 g/mol. The molecule has 0 bridgehead atoms. The maximum absolute atomic E-state index is 12.4. The zero-order valence-electron chi connectivity index (χ0n) is 12.7. The molecule has 3 heterocycles. The van der Waals surface area contributed by atoms with Crippen molar-refractivity contribution in [3.8, 4) is 0 Å². The van der Waals surface area contributed by atoms with Crippen LogP contribution >= 0.6 is 22.9 Å². The minimum Gasteiger partial charge on any atom is -0.339 e. The number of rotatable bonds is 4. The fourth-order valence-corrected chi connectivity index (χ4v) is 5.10. The summed E-state index contributed by atoms with van der Waals surface area (Å²) in [5.41, 5.74) is 0.493. The van der Waals surface area contributed by atoms with E-state index in [9.17, 15) is 13.2 Å². The molecule has 128 valence electrons. The van der Waals surface area contributed by atoms with Gasteiger partial charge in [0.05, 0.1) is 0 Å². The largest absolute Gasteiger partial charge is 0.339 e. The minimum absolute atomic E-state index is 0.112. The number of aromatic nitrogens is 1. The Labute approximate surface area is 149 Å². The van der Waals surface area contributed by atoms with Crippen LogP contribution in [-0.4, -0.2) is 43.3 Å². The Balaban J connectivity index is 1.59. The van der Waals surface area contributed by atoms with E-state index in [1.807, 2.05) is 0 Å². The summed E-state index contributed by atoms with van der Waals surface area (Å²) in [6.07, 6.45) is 2.65. The minimum atomic E-state index is -3.47. The molecule has 0 unspecified atom stereocenters. The van der Waals surface area contributed by atoms with Gasteiger partial charge in [0.15, 0.2) is 0 Å². The van der Waals surface area contributed by atoms with E-state index in [-0.39, 0.29) is 17.1 Å². The molecule has 2 aromatic heterocycles. The Kier molecular flexibility index (Phi) is 5.19. The first-order chi connectivity index (χ1) is 11.5. The van der Waals surface area contributed by atoms with E-state index in [1.165, 1.54) is 23.6 Å². The predicted octanol–water partition coefficient (Wildman–Crippen LogP) is 2.38. The van der Waals surface area contributed by atoms with Gasteiger partial charge in [-0.3, -0.25) is 4.79 Å². The zero-order chi connectivity index (χ0) is 17.2. The summed E-state index contributed by atoms with van der Waals surface area (Å²) in [6.45, 7) is 0.993. The summed E-state index contributed by atoms with van der Waals surface area (Å²) in [4.78, 5) is 18.0. The van der Waals surface area contributed by atoms with Crippen LogP contribution in [0.3, 0.4) is 0 Å². The fraction of sp³-hybridized carbons (Fsp3) is 0.333. The van der Waals surface area contributed by atoms with Crippen molar-refractivity contribution in [2.75, 3.05) is 13.1 Å². The highest BCUT2D eigenvalue weighted by molar-refractivity contribution is 7.91. The summed E-state index contributed by atoms with van der Waals surface area (Å²) in [6, 6.07) is 6.29. The Bertz CT molecular complexity index is 816. The van der Waals surface area contributed by atoms with E-state index in [0.29, 0.717) is 35.7 Å². The van der Waals surface area contributed by atoms with Crippen molar-refractivity contribution < 1.29 is 13.2 Å². The lowest BCUT2D eigenvalue weighted by molar-refractivity contribution is 0.0711. The Morgan fingerprint density at radius 2 is 2.08 bits per heavy atom. The number of amides is 1. The van der Waals surface area contributed by atoms with Crippen molar-refractivity contribution in [3.05, 3.63) is 46.6 Å². The van der Waals surface area contributed by atoms with E-state index >= 15 is 0 Å². The molecule has 0 saturated carbocycles. The van der Waals surface area contributed by atoms with Gasteiger partial charge in [0.1, 0.15) is 9.36 Å². The number of carbonyl (C=O) groups excluding carboxylic acids is 1. The number of carbonyl (C=O) groups is 1. The Morgan fingerprint density at radius 3 is 2.71 bits per heavy atom. The molecule has 2 aromatic rings. The molecule has 1 saturated heterocycles. The molecule has 0 aliphatic carbocycles. The highest BCUT2D eigenvalue weighted by Gasteiger charge is 2.27. The lowest BCUT2D eigenvalue weighted by Gasteiger charge is -2.32. The first-order valence-corrected chi connectivity index (χ1v) is 10.2. The first kappa shape index (κ1) is 17.3. The SMILES string of the molecule is O=C(c1ccnc(Cl)c1)N1CCC(NS(=O)(=O)c2cccs2)CC1. The second-order valence-corrected chi connectivity index (χ2v) is 8.76. The van der Waals surface area contributed by atoms with Gasteiger partial charge in [-0.1, -0.05) is 17.7 Å². The number of piperidine rings is 1. The van der Waals surface area contributed by atoms with Gasteiger partial charge in [-0.25, -0.2) is 18.1 Å². The number of sulfonamides is 1. The average Bonchev–Trinajstić information content (AvgIpc) is 3.10. The number of halogens is 1. The number of hydrogen-bond acceptors (Lipinski definition) is 5. The molecule has 1 fully saturated rings. The van der Waals surface area contributed by atoms with Crippen LogP contribution in [0.15, 0.2) is 40.1 Å². The van der Waals surface area contributed by atoms with Gasteiger partial charge in [0.2, 0.25) is 10.0 Å². The van der Waals surface area contributed by atoms with Crippen molar-refractivity contribution in [2.24, 2.45) is 0 Å². The molecule has 1 aliphatic heterocycles. The molecule has 0 spiro atoms. The molecule has 0 radical (unpaired) electrons. The van der Waals surface area contributed by atoms with E-state index in [4.69, 9.17) is 11.6 Å². The number of pyridine rings is 1. The molecule has 24 heavy (non-hydrogen) atoms. The standard InChI is InChI=1S/C15H16ClN3O3S2/c16-13-10-11(3-6-17-13)15(20)19-7-4-12(5-8-19)18-24(21,22)14-2-1-9-23-14/h1-3,6,9-10,12,18H,4-5,7-8H2. The summed E-state index contributed by atoms with van der Waals surface area (Å²) >= 11 is 7.00. The lowest BCUT2D eigenvalue weighted by atomic mass is 10.1. The second kappa shape index (κ2) is 7.18. The molecular weight excluding hydrogens is 370 g/mol. The Morgan fingerprint density at radius 1 is 1.33 bits per heavy atom. The van der Waals surface area contributed by atoms with Crippen LogP contribution < -0.4 is 4.72 Å². The first-order valence-electron chi connectivity index (χ1n) is 7.42. The maximum Gasteiger partial charge on any atom is 0.254 e. The Hall–Kier alpha value is -1.48. The van der Waals surface area contributed by atoms with E-state index in [2.05, 4.69) is 9.71 Å². The van der Waals surface area contributed by atoms with Gasteiger partial charge in [0, 0.05) is 30.9 Å². The normalized spacial score (nSPS) is 16.3. The van der Waals surface area contributed by atoms with Crippen LogP contribution in [0, 0.1) is 0 Å². The topological polar surface area (TPSA) is 79.4 Å². The van der Waals surface area contributed by atoms with Crippen LogP contribution in [0.2, 0.25) is 5.15 Å².